The molecule has 0 spiro atoms. The Hall–Kier alpha value is -1.96. The van der Waals surface area contributed by atoms with E-state index in [1.807, 2.05) is 18.2 Å². The van der Waals surface area contributed by atoms with E-state index in [4.69, 9.17) is 0 Å². The van der Waals surface area contributed by atoms with Gasteiger partial charge in [0.05, 0.1) is 0 Å². The van der Waals surface area contributed by atoms with Gasteiger partial charge in [-0.25, -0.2) is 0 Å². The van der Waals surface area contributed by atoms with Gasteiger partial charge in [0.25, 0.3) is 0 Å². The zero-order chi connectivity index (χ0) is 10.8. The van der Waals surface area contributed by atoms with Gasteiger partial charge in [-0.2, -0.15) is 0 Å². The number of phenolic OH excluding ortho intramolecular Hbond substituents is 2. The molecule has 2 nitrogen and oxygen atoms in total. The van der Waals surface area contributed by atoms with Crippen LogP contribution < -0.4 is 0 Å². The zero-order valence-electron chi connectivity index (χ0n) is 8.27. The third-order valence-electron chi connectivity index (χ3n) is 2.37. The average Bonchev–Trinajstić information content (AvgIpc) is 2.23. The molecule has 1 aliphatic carbocycles. The summed E-state index contributed by atoms with van der Waals surface area (Å²) in [4.78, 5) is 0. The van der Waals surface area contributed by atoms with Crippen LogP contribution in [0.3, 0.4) is 0 Å². The van der Waals surface area contributed by atoms with Gasteiger partial charge in [-0.3, -0.25) is 0 Å². The summed E-state index contributed by atoms with van der Waals surface area (Å²) in [6, 6.07) is 4.51. The highest BCUT2D eigenvalue weighted by Gasteiger charge is 2.08. The maximum atomic E-state index is 9.64. The molecule has 2 rings (SSSR count). The zero-order valence-corrected chi connectivity index (χ0v) is 8.27. The summed E-state index contributed by atoms with van der Waals surface area (Å²) < 4.78 is 0. The minimum absolute atomic E-state index is 0.154. The molecular formula is C13H12O2. The lowest BCUT2D eigenvalue weighted by molar-refractivity contribution is 0.459. The van der Waals surface area contributed by atoms with Crippen molar-refractivity contribution < 1.29 is 10.2 Å². The molecule has 0 unspecified atom stereocenters. The van der Waals surface area contributed by atoms with E-state index in [0.29, 0.717) is 5.56 Å². The molecule has 0 saturated heterocycles. The smallest absolute Gasteiger partial charge is 0.123 e. The Morgan fingerprint density at radius 2 is 1.93 bits per heavy atom. The number of aromatic hydroxyl groups is 2. The molecule has 0 saturated carbocycles. The van der Waals surface area contributed by atoms with Crippen molar-refractivity contribution in [1.29, 1.82) is 0 Å². The molecule has 0 amide bonds. The summed E-state index contributed by atoms with van der Waals surface area (Å²) in [7, 11) is 0. The molecule has 1 aliphatic rings. The third-order valence-corrected chi connectivity index (χ3v) is 2.37. The van der Waals surface area contributed by atoms with Gasteiger partial charge in [0, 0.05) is 5.56 Å². The molecule has 0 atom stereocenters. The van der Waals surface area contributed by atoms with Crippen molar-refractivity contribution >= 4 is 5.57 Å². The van der Waals surface area contributed by atoms with E-state index in [1.165, 1.54) is 12.1 Å². The number of allylic oxidation sites excluding steroid dienone is 5. The second-order valence-corrected chi connectivity index (χ2v) is 3.56. The Morgan fingerprint density at radius 3 is 2.60 bits per heavy atom. The molecule has 15 heavy (non-hydrogen) atoms. The molecular weight excluding hydrogens is 188 g/mol. The quantitative estimate of drug-likeness (QED) is 0.684. The highest BCUT2D eigenvalue weighted by Crippen LogP contribution is 2.32. The fourth-order valence-electron chi connectivity index (χ4n) is 1.54. The third kappa shape index (κ3) is 1.94. The number of hydrogen-bond acceptors (Lipinski definition) is 2. The van der Waals surface area contributed by atoms with Crippen LogP contribution in [0.1, 0.15) is 12.0 Å². The normalized spacial score (nSPS) is 15.2. The van der Waals surface area contributed by atoms with Gasteiger partial charge in [-0.05, 0) is 30.2 Å². The van der Waals surface area contributed by atoms with Gasteiger partial charge in [0.1, 0.15) is 11.5 Å². The molecule has 1 aromatic rings. The van der Waals surface area contributed by atoms with Crippen LogP contribution >= 0.6 is 0 Å². The molecule has 0 heterocycles. The Balaban J connectivity index is 2.42. The Bertz CT molecular complexity index is 467. The lowest BCUT2D eigenvalue weighted by atomic mass is 9.97. The van der Waals surface area contributed by atoms with Crippen LogP contribution in [0.5, 0.6) is 11.5 Å². The van der Waals surface area contributed by atoms with Crippen LogP contribution in [0.4, 0.5) is 0 Å². The summed E-state index contributed by atoms with van der Waals surface area (Å²) in [6.07, 6.45) is 6.57. The number of hydrogen-bond donors (Lipinski definition) is 2. The minimum Gasteiger partial charge on any atom is -0.508 e. The number of phenols is 2. The van der Waals surface area contributed by atoms with E-state index in [1.54, 1.807) is 6.07 Å². The highest BCUT2D eigenvalue weighted by atomic mass is 16.3. The lowest BCUT2D eigenvalue weighted by Crippen LogP contribution is -1.88. The topological polar surface area (TPSA) is 40.5 Å². The summed E-state index contributed by atoms with van der Waals surface area (Å²) in [6.45, 7) is 3.84. The van der Waals surface area contributed by atoms with Gasteiger partial charge in [-0.15, -0.1) is 0 Å². The van der Waals surface area contributed by atoms with Gasteiger partial charge < -0.3 is 10.2 Å². The largest absolute Gasteiger partial charge is 0.508 e. The van der Waals surface area contributed by atoms with Crippen molar-refractivity contribution in [2.24, 2.45) is 0 Å². The van der Waals surface area contributed by atoms with E-state index in [9.17, 15) is 10.2 Å². The fourth-order valence-corrected chi connectivity index (χ4v) is 1.54. The summed E-state index contributed by atoms with van der Waals surface area (Å²) in [5, 5.41) is 19.0. The lowest BCUT2D eigenvalue weighted by Gasteiger charge is -2.10. The molecule has 2 N–H and O–H groups in total. The Kier molecular flexibility index (Phi) is 2.34. The second kappa shape index (κ2) is 3.65. The molecule has 0 aromatic heterocycles. The monoisotopic (exact) mass is 200 g/mol. The maximum absolute atomic E-state index is 9.64. The fraction of sp³-hybridized carbons (Fsp3) is 0.0769. The van der Waals surface area contributed by atoms with Gasteiger partial charge in [-0.1, -0.05) is 30.4 Å². The maximum Gasteiger partial charge on any atom is 0.123 e. The molecule has 0 radical (unpaired) electrons. The van der Waals surface area contributed by atoms with Crippen molar-refractivity contribution in [3.8, 4) is 11.5 Å². The average molecular weight is 200 g/mol. The van der Waals surface area contributed by atoms with E-state index < -0.39 is 0 Å². The van der Waals surface area contributed by atoms with E-state index in [0.717, 1.165) is 17.6 Å². The van der Waals surface area contributed by atoms with Gasteiger partial charge in [0.2, 0.25) is 0 Å². The SMILES string of the molecule is C=C1C=CC(c2cc(O)ccc2O)=CC1. The molecule has 2 heteroatoms. The van der Waals surface area contributed by atoms with E-state index >= 15 is 0 Å². The van der Waals surface area contributed by atoms with Crippen molar-refractivity contribution in [2.45, 2.75) is 6.42 Å². The van der Waals surface area contributed by atoms with Crippen molar-refractivity contribution in [1.82, 2.24) is 0 Å². The van der Waals surface area contributed by atoms with Crippen LogP contribution in [-0.4, -0.2) is 10.2 Å². The standard InChI is InChI=1S/C13H12O2/c1-9-2-4-10(5-3-9)12-8-11(14)6-7-13(12)15/h2,4-8,14-15H,1,3H2. The number of benzene rings is 1. The number of rotatable bonds is 1. The van der Waals surface area contributed by atoms with E-state index in [2.05, 4.69) is 6.58 Å². The Labute approximate surface area is 88.5 Å². The first-order valence-electron chi connectivity index (χ1n) is 4.75. The predicted molar refractivity (Wildman–Crippen MR) is 60.6 cm³/mol. The van der Waals surface area contributed by atoms with Crippen LogP contribution in [0, 0.1) is 0 Å². The predicted octanol–water partition coefficient (Wildman–Crippen LogP) is 3.00. The van der Waals surface area contributed by atoms with E-state index in [-0.39, 0.29) is 11.5 Å². The van der Waals surface area contributed by atoms with Crippen molar-refractivity contribution in [2.75, 3.05) is 0 Å². The summed E-state index contributed by atoms with van der Waals surface area (Å²) in [5.74, 6) is 0.331. The molecule has 76 valence electrons. The van der Waals surface area contributed by atoms with Gasteiger partial charge >= 0.3 is 0 Å². The van der Waals surface area contributed by atoms with Crippen LogP contribution in [-0.2, 0) is 0 Å². The minimum atomic E-state index is 0.154. The van der Waals surface area contributed by atoms with Crippen LogP contribution in [0.2, 0.25) is 0 Å². The first-order valence-corrected chi connectivity index (χ1v) is 4.75. The van der Waals surface area contributed by atoms with Crippen molar-refractivity contribution in [3.63, 3.8) is 0 Å². The van der Waals surface area contributed by atoms with Crippen molar-refractivity contribution in [3.05, 3.63) is 54.1 Å². The molecule has 1 aromatic carbocycles. The summed E-state index contributed by atoms with van der Waals surface area (Å²) in [5.41, 5.74) is 2.60. The summed E-state index contributed by atoms with van der Waals surface area (Å²) >= 11 is 0. The second-order valence-electron chi connectivity index (χ2n) is 3.56. The first-order chi connectivity index (χ1) is 7.16. The van der Waals surface area contributed by atoms with Gasteiger partial charge in [0.15, 0.2) is 0 Å². The molecule has 0 aliphatic heterocycles. The molecule has 0 bridgehead atoms. The Morgan fingerprint density at radius 1 is 1.13 bits per heavy atom. The first kappa shape index (κ1) is 9.59. The highest BCUT2D eigenvalue weighted by molar-refractivity contribution is 5.80. The van der Waals surface area contributed by atoms with Crippen LogP contribution in [0.15, 0.2) is 48.6 Å². The molecule has 0 fully saturated rings. The van der Waals surface area contributed by atoms with Crippen LogP contribution in [0.25, 0.3) is 5.57 Å².